The maximum Gasteiger partial charge on any atom is 0.401 e. The summed E-state index contributed by atoms with van der Waals surface area (Å²) in [5.74, 6) is 1.52. The number of carbonyl (C=O) groups excluding carboxylic acids is 2. The molecule has 3 aliphatic rings. The molecule has 0 radical (unpaired) electrons. The number of carbonyl (C=O) groups is 3. The van der Waals surface area contributed by atoms with Gasteiger partial charge >= 0.3 is 30.5 Å². The van der Waals surface area contributed by atoms with E-state index in [1.54, 1.807) is 57.6 Å². The molecule has 0 spiro atoms. The molecular weight excluding hydrogens is 1630 g/mol. The van der Waals surface area contributed by atoms with Crippen LogP contribution in [0.3, 0.4) is 0 Å². The summed E-state index contributed by atoms with van der Waals surface area (Å²) in [6.07, 6.45) is 3.76. The third-order valence-electron chi connectivity index (χ3n) is 22.6. The number of aromatic nitrogens is 11. The molecule has 1 amide bonds. The zero-order valence-corrected chi connectivity index (χ0v) is 71.0. The molecule has 11 aromatic heterocycles. The van der Waals surface area contributed by atoms with Gasteiger partial charge in [-0.25, -0.2) is 24.5 Å². The van der Waals surface area contributed by atoms with E-state index in [4.69, 9.17) is 19.9 Å². The number of ether oxygens (including phenoxy) is 3. The maximum atomic E-state index is 13.7. The van der Waals surface area contributed by atoms with Crippen molar-refractivity contribution >= 4 is 34.4 Å². The highest BCUT2D eigenvalue weighted by Crippen LogP contribution is 2.38. The molecule has 28 nitrogen and oxygen atoms in total. The fourth-order valence-electron chi connectivity index (χ4n) is 16.5. The molecule has 3 unspecified atom stereocenters. The highest BCUT2D eigenvalue weighted by Gasteiger charge is 2.38. The Balaban J connectivity index is 0.000000197. The lowest BCUT2D eigenvalue weighted by atomic mass is 10.0. The summed E-state index contributed by atoms with van der Waals surface area (Å²) in [7, 11) is 8.71. The van der Waals surface area contributed by atoms with Crippen molar-refractivity contribution in [3.05, 3.63) is 198 Å². The lowest BCUT2D eigenvalue weighted by Crippen LogP contribution is -2.49. The number of aromatic carboxylic acids is 1. The van der Waals surface area contributed by atoms with Gasteiger partial charge < -0.3 is 67.2 Å². The summed E-state index contributed by atoms with van der Waals surface area (Å²) >= 11 is 0. The van der Waals surface area contributed by atoms with Crippen molar-refractivity contribution in [3.8, 4) is 45.7 Å². The molecule has 674 valence electrons. The Labute approximate surface area is 713 Å². The Kier molecular flexibility index (Phi) is 31.4. The number of methoxy groups -OCH3 is 2. The predicted octanol–water partition coefficient (Wildman–Crippen LogP) is 13.3. The van der Waals surface area contributed by atoms with E-state index in [2.05, 4.69) is 49.3 Å². The van der Waals surface area contributed by atoms with Crippen molar-refractivity contribution in [2.24, 2.45) is 26.9 Å². The lowest BCUT2D eigenvalue weighted by Gasteiger charge is -2.39. The number of alkyl halides is 9. The smallest absolute Gasteiger partial charge is 0.401 e. The Morgan fingerprint density at radius 2 is 0.798 bits per heavy atom. The monoisotopic (exact) mass is 1740 g/mol. The molecule has 6 N–H and O–H groups in total. The third kappa shape index (κ3) is 22.7. The van der Waals surface area contributed by atoms with Crippen molar-refractivity contribution in [2.75, 3.05) is 112 Å². The average Bonchev–Trinajstić information content (AvgIpc) is 1.57. The summed E-state index contributed by atoms with van der Waals surface area (Å²) in [5.41, 5.74) is 18.0. The highest BCUT2D eigenvalue weighted by molar-refractivity contribution is 5.97. The minimum Gasteiger partial charge on any atom is -0.496 e. The number of amides is 1. The van der Waals surface area contributed by atoms with Crippen molar-refractivity contribution in [1.82, 2.24) is 86.5 Å². The number of H-pyrrole nitrogens is 2. The number of fused-ring (bicyclic) bond motifs is 3. The second kappa shape index (κ2) is 40.3. The first kappa shape index (κ1) is 96.7. The van der Waals surface area contributed by atoms with Crippen LogP contribution in [0.1, 0.15) is 155 Å². The Morgan fingerprint density at radius 3 is 1.10 bits per heavy atom. The molecule has 37 heteroatoms. The molecule has 0 aromatic carbocycles. The molecule has 0 bridgehead atoms. The number of piperazine rings is 3. The van der Waals surface area contributed by atoms with Gasteiger partial charge in [0.25, 0.3) is 17.0 Å². The molecule has 0 saturated carbocycles. The van der Waals surface area contributed by atoms with Crippen LogP contribution in [0.25, 0.3) is 50.7 Å². The Hall–Kier alpha value is -11.1. The van der Waals surface area contributed by atoms with Crippen LogP contribution in [0.5, 0.6) is 11.5 Å². The second-order valence-electron chi connectivity index (χ2n) is 31.5. The minimum absolute atomic E-state index is 0. The molecule has 11 aromatic rings. The molecule has 14 rings (SSSR count). The number of aromatic amines is 2. The van der Waals surface area contributed by atoms with Crippen molar-refractivity contribution < 1.29 is 73.2 Å². The summed E-state index contributed by atoms with van der Waals surface area (Å²) in [6.45, 7) is 21.0. The number of nitrogens with one attached hydrogen (secondary N) is 3. The van der Waals surface area contributed by atoms with Crippen molar-refractivity contribution in [3.63, 3.8) is 0 Å². The van der Waals surface area contributed by atoms with Gasteiger partial charge in [0, 0.05) is 247 Å². The van der Waals surface area contributed by atoms with Crippen LogP contribution in [-0.2, 0) is 39.0 Å². The number of aryl methyl sites for hydroxylation is 5. The normalized spacial score (nSPS) is 15.6. The lowest BCUT2D eigenvalue weighted by molar-refractivity contribution is -0.150. The molecule has 3 fully saturated rings. The molecule has 3 saturated heterocycles. The van der Waals surface area contributed by atoms with Gasteiger partial charge in [-0.2, -0.15) is 39.5 Å². The van der Waals surface area contributed by atoms with Gasteiger partial charge in [-0.05, 0) is 134 Å². The number of nitrogens with two attached hydrogens (primary N) is 1. The fraction of sp³-hybridized carbons (Fsp3) is 0.471. The van der Waals surface area contributed by atoms with E-state index >= 15 is 0 Å². The summed E-state index contributed by atoms with van der Waals surface area (Å²) in [5, 5.41) is 12.6. The zero-order valence-electron chi connectivity index (χ0n) is 71.0. The average molecular weight is 1740 g/mol. The van der Waals surface area contributed by atoms with E-state index in [0.717, 1.165) is 84.6 Å². The number of pyridine rings is 5. The first-order chi connectivity index (χ1) is 57.5. The van der Waals surface area contributed by atoms with Gasteiger partial charge in [0.1, 0.15) is 29.0 Å². The number of esters is 1. The minimum atomic E-state index is -4.24. The topological polar surface area (TPSA) is 289 Å². The maximum absolute atomic E-state index is 13.7. The van der Waals surface area contributed by atoms with Gasteiger partial charge in [-0.3, -0.25) is 43.8 Å². The number of hydrogen-bond acceptors (Lipinski definition) is 18. The number of carboxylic acid groups (broad SMARTS) is 1. The van der Waals surface area contributed by atoms with Gasteiger partial charge in [0.15, 0.2) is 0 Å². The highest BCUT2D eigenvalue weighted by atomic mass is 19.4. The van der Waals surface area contributed by atoms with Gasteiger partial charge in [0.05, 0.1) is 68.8 Å². The summed E-state index contributed by atoms with van der Waals surface area (Å²) < 4.78 is 143. The molecule has 3 aliphatic heterocycles. The first-order valence-electron chi connectivity index (χ1n) is 40.0. The van der Waals surface area contributed by atoms with E-state index in [1.165, 1.54) is 28.9 Å². The largest absolute Gasteiger partial charge is 0.496 e. The Bertz CT molecular complexity index is 5670. The number of halogens is 9. The van der Waals surface area contributed by atoms with Crippen LogP contribution in [0.4, 0.5) is 39.5 Å². The zero-order chi connectivity index (χ0) is 88.9. The summed E-state index contributed by atoms with van der Waals surface area (Å²) in [4.78, 5) is 91.8. The molecule has 3 atom stereocenters. The van der Waals surface area contributed by atoms with E-state index in [1.807, 2.05) is 160 Å². The van der Waals surface area contributed by atoms with E-state index in [0.29, 0.717) is 124 Å². The van der Waals surface area contributed by atoms with Gasteiger partial charge in [-0.15, -0.1) is 0 Å². The molecule has 14 heterocycles. The molecular formula is C87H114F9N19O9. The predicted molar refractivity (Wildman–Crippen MR) is 457 cm³/mol. The second-order valence-corrected chi connectivity index (χ2v) is 31.5. The van der Waals surface area contributed by atoms with Crippen molar-refractivity contribution in [2.45, 2.75) is 140 Å². The van der Waals surface area contributed by atoms with Crippen LogP contribution in [-0.4, -0.2) is 241 Å². The van der Waals surface area contributed by atoms with Crippen LogP contribution < -0.4 is 31.6 Å². The standard InChI is InChI=1S/C30H36F3N7O3.C25H32F3N5O2.C22H26F3N5O2.C8H12N2O2.2CH4/c1-18-12-25(43-5)24(29(42)36-18)15-35-28(41)23-14-22-13-21(27-34-6-7-37(27)4)16-40(22)26(19(23)2)20(3)39-10-8-38(9-11-39)17-30(31,32)33;1-16(2)35-24(34)21-13-20-12-19(23-29-6-7-30(23)5)14-33(20)22(17(21)3)18(4)32-10-8-31(9-11-32)15-25(26,27)28;1-14-18(21(31)32)11-17-10-16(20-26-4-5-27(20)3)12-30(17)19(14)15(2)29-8-6-28(7-9-29)13-22(23,24)25;1-5-3-7(12-2)6(4-9)8(11)10-5;;/h6-7,12-14,16,20H,8-11,15,17H2,1-5H3,(H,35,41)(H,36,42);6-7,12-14,16,18H,8-11,15H2,1-5H3;4-5,10-12,15H,6-9,13H2,1-3H3,(H,31,32);3H,4,9H2,1-2H3,(H,10,11);2*1H4. The van der Waals surface area contributed by atoms with Crippen molar-refractivity contribution in [1.29, 1.82) is 0 Å². The van der Waals surface area contributed by atoms with Crippen LogP contribution >= 0.6 is 0 Å². The van der Waals surface area contributed by atoms with Gasteiger partial charge in [-0.1, -0.05) is 14.9 Å². The van der Waals surface area contributed by atoms with Crippen LogP contribution in [0, 0.1) is 34.6 Å². The van der Waals surface area contributed by atoms with E-state index < -0.39 is 44.1 Å². The molecule has 124 heavy (non-hydrogen) atoms. The SMILES string of the molecule is C.C.COc1cc(C)[nH]c(=O)c1CN.COc1cc(C)[nH]c(=O)c1CNC(=O)c1cc2cc(-c3nccn3C)cn2c(C(C)N2CCN(CC(F)(F)F)CC2)c1C.Cc1c(C(=O)O)cc2cc(-c3nccn3C)cn2c1C(C)N1CCN(CC(F)(F)F)CC1.Cc1c(C(=O)OC(C)C)cc2cc(-c3nccn3C)cn2c1C(C)N1CCN(CC(F)(F)F)CC1. The number of carboxylic acids is 1. The van der Waals surface area contributed by atoms with Gasteiger partial charge in [0.2, 0.25) is 0 Å². The number of rotatable bonds is 21. The van der Waals surface area contributed by atoms with Crippen LogP contribution in [0.2, 0.25) is 0 Å². The first-order valence-corrected chi connectivity index (χ1v) is 40.0. The summed E-state index contributed by atoms with van der Waals surface area (Å²) in [6, 6.07) is 14.1. The quantitative estimate of drug-likeness (QED) is 0.0330. The molecule has 0 aliphatic carbocycles. The fourth-order valence-corrected chi connectivity index (χ4v) is 16.5. The number of nitrogens with zero attached hydrogens (tertiary/aromatic N) is 15. The Morgan fingerprint density at radius 1 is 0.484 bits per heavy atom. The van der Waals surface area contributed by atoms with E-state index in [-0.39, 0.29) is 80.7 Å². The van der Waals surface area contributed by atoms with E-state index in [9.17, 15) is 68.6 Å². The third-order valence-corrected chi connectivity index (χ3v) is 22.6. The number of imidazole rings is 3. The van der Waals surface area contributed by atoms with Crippen LogP contribution in [0.15, 0.2) is 114 Å². The number of hydrogen-bond donors (Lipinski definition) is 5.